The maximum atomic E-state index is 14.0. The highest BCUT2D eigenvalue weighted by Gasteiger charge is 2.32. The number of carbonyl (C=O) groups is 1. The van der Waals surface area contributed by atoms with Crippen LogP contribution in [0.2, 0.25) is 0 Å². The van der Waals surface area contributed by atoms with E-state index in [0.717, 1.165) is 25.8 Å². The van der Waals surface area contributed by atoms with Gasteiger partial charge in [-0.1, -0.05) is 20.8 Å². The molecular weight excluding hydrogens is 295 g/mol. The largest absolute Gasteiger partial charge is 0.489 e. The standard InChI is InChI=1S/C18H27FN2O2/c1-4-9-21(12(5-2)6-3)13-10-15-14(18(20)22)7-8-16(19)17(15)23-11-13/h7-8,12-13H,4-6,9-11H2,1-3H3,(H2,20,22)/t13-/m1/s1. The third-order valence-corrected chi connectivity index (χ3v) is 4.70. The number of hydrogen-bond acceptors (Lipinski definition) is 3. The van der Waals surface area contributed by atoms with Gasteiger partial charge in [0.15, 0.2) is 11.6 Å². The van der Waals surface area contributed by atoms with Gasteiger partial charge in [0.05, 0.1) is 0 Å². The molecule has 1 heterocycles. The average molecular weight is 322 g/mol. The highest BCUT2D eigenvalue weighted by molar-refractivity contribution is 5.95. The van der Waals surface area contributed by atoms with Crippen LogP contribution < -0.4 is 10.5 Å². The summed E-state index contributed by atoms with van der Waals surface area (Å²) in [5.41, 5.74) is 6.43. The Bertz CT molecular complexity index is 558. The lowest BCUT2D eigenvalue weighted by Gasteiger charge is -2.40. The third kappa shape index (κ3) is 3.66. The molecule has 0 radical (unpaired) electrons. The molecule has 0 aliphatic carbocycles. The van der Waals surface area contributed by atoms with E-state index in [4.69, 9.17) is 10.5 Å². The Kier molecular flexibility index (Phi) is 5.99. The van der Waals surface area contributed by atoms with E-state index in [9.17, 15) is 9.18 Å². The predicted octanol–water partition coefficient (Wildman–Crippen LogP) is 3.13. The summed E-state index contributed by atoms with van der Waals surface area (Å²) >= 11 is 0. The molecule has 2 rings (SSSR count). The van der Waals surface area contributed by atoms with Crippen molar-refractivity contribution in [2.75, 3.05) is 13.2 Å². The van der Waals surface area contributed by atoms with Crippen molar-refractivity contribution in [2.45, 2.75) is 58.5 Å². The summed E-state index contributed by atoms with van der Waals surface area (Å²) in [5, 5.41) is 0. The van der Waals surface area contributed by atoms with Crippen molar-refractivity contribution in [2.24, 2.45) is 5.73 Å². The van der Waals surface area contributed by atoms with E-state index in [0.29, 0.717) is 30.2 Å². The summed E-state index contributed by atoms with van der Waals surface area (Å²) in [5.74, 6) is -0.762. The number of ether oxygens (including phenoxy) is 1. The molecule has 5 heteroatoms. The van der Waals surface area contributed by atoms with E-state index in [-0.39, 0.29) is 11.8 Å². The predicted molar refractivity (Wildman–Crippen MR) is 89.3 cm³/mol. The molecule has 0 aromatic heterocycles. The zero-order valence-electron chi connectivity index (χ0n) is 14.3. The molecule has 23 heavy (non-hydrogen) atoms. The zero-order chi connectivity index (χ0) is 17.0. The Labute approximate surface area is 137 Å². The molecule has 4 nitrogen and oxygen atoms in total. The van der Waals surface area contributed by atoms with Crippen LogP contribution in [0.25, 0.3) is 0 Å². The summed E-state index contributed by atoms with van der Waals surface area (Å²) < 4.78 is 19.7. The minimum absolute atomic E-state index is 0.146. The molecule has 0 fully saturated rings. The van der Waals surface area contributed by atoms with Crippen molar-refractivity contribution in [1.82, 2.24) is 4.90 Å². The van der Waals surface area contributed by atoms with E-state index >= 15 is 0 Å². The first-order valence-electron chi connectivity index (χ1n) is 8.53. The van der Waals surface area contributed by atoms with Gasteiger partial charge in [0.1, 0.15) is 6.61 Å². The monoisotopic (exact) mass is 322 g/mol. The molecule has 1 aliphatic heterocycles. The van der Waals surface area contributed by atoms with E-state index in [1.807, 2.05) is 0 Å². The number of rotatable bonds is 7. The van der Waals surface area contributed by atoms with Crippen LogP contribution in [0.15, 0.2) is 12.1 Å². The second-order valence-corrected chi connectivity index (χ2v) is 6.14. The summed E-state index contributed by atoms with van der Waals surface area (Å²) in [7, 11) is 0. The van der Waals surface area contributed by atoms with Gasteiger partial charge in [-0.2, -0.15) is 0 Å². The number of nitrogens with two attached hydrogens (primary N) is 1. The van der Waals surface area contributed by atoms with Gasteiger partial charge < -0.3 is 10.5 Å². The van der Waals surface area contributed by atoms with Gasteiger partial charge in [-0.15, -0.1) is 0 Å². The Morgan fingerprint density at radius 1 is 1.39 bits per heavy atom. The minimum atomic E-state index is -0.532. The van der Waals surface area contributed by atoms with Crippen LogP contribution in [-0.4, -0.2) is 36.0 Å². The number of amides is 1. The topological polar surface area (TPSA) is 55.6 Å². The molecular formula is C18H27FN2O2. The Hall–Kier alpha value is -1.62. The Morgan fingerprint density at radius 2 is 2.09 bits per heavy atom. The maximum absolute atomic E-state index is 14.0. The number of fused-ring (bicyclic) bond motifs is 1. The fraction of sp³-hybridized carbons (Fsp3) is 0.611. The molecule has 1 aromatic carbocycles. The smallest absolute Gasteiger partial charge is 0.249 e. The summed E-state index contributed by atoms with van der Waals surface area (Å²) in [4.78, 5) is 14.1. The molecule has 0 unspecified atom stereocenters. The fourth-order valence-corrected chi connectivity index (χ4v) is 3.56. The Balaban J connectivity index is 2.33. The second-order valence-electron chi connectivity index (χ2n) is 6.14. The van der Waals surface area contributed by atoms with Gasteiger partial charge in [0.25, 0.3) is 0 Å². The van der Waals surface area contributed by atoms with Crippen molar-refractivity contribution in [1.29, 1.82) is 0 Å². The number of primary amides is 1. The van der Waals surface area contributed by atoms with Crippen LogP contribution in [-0.2, 0) is 6.42 Å². The van der Waals surface area contributed by atoms with Crippen LogP contribution >= 0.6 is 0 Å². The van der Waals surface area contributed by atoms with Gasteiger partial charge in [-0.25, -0.2) is 4.39 Å². The van der Waals surface area contributed by atoms with Crippen LogP contribution in [0, 0.1) is 5.82 Å². The minimum Gasteiger partial charge on any atom is -0.489 e. The first kappa shape index (κ1) is 17.7. The normalized spacial score (nSPS) is 17.2. The van der Waals surface area contributed by atoms with Crippen LogP contribution in [0.3, 0.4) is 0 Å². The lowest BCUT2D eigenvalue weighted by Crippen LogP contribution is -2.49. The lowest BCUT2D eigenvalue weighted by atomic mass is 9.94. The quantitative estimate of drug-likeness (QED) is 0.839. The van der Waals surface area contributed by atoms with E-state index < -0.39 is 11.7 Å². The zero-order valence-corrected chi connectivity index (χ0v) is 14.3. The van der Waals surface area contributed by atoms with Gasteiger partial charge in [-0.05, 0) is 44.4 Å². The molecule has 1 aliphatic rings. The summed E-state index contributed by atoms with van der Waals surface area (Å²) in [6.45, 7) is 7.94. The molecule has 2 N–H and O–H groups in total. The molecule has 128 valence electrons. The second kappa shape index (κ2) is 7.77. The number of benzene rings is 1. The van der Waals surface area contributed by atoms with Gasteiger partial charge in [0.2, 0.25) is 5.91 Å². The number of carbonyl (C=O) groups excluding carboxylic acids is 1. The summed E-state index contributed by atoms with van der Waals surface area (Å²) in [6.07, 6.45) is 3.77. The fourth-order valence-electron chi connectivity index (χ4n) is 3.56. The first-order valence-corrected chi connectivity index (χ1v) is 8.53. The van der Waals surface area contributed by atoms with Crippen LogP contribution in [0.5, 0.6) is 5.75 Å². The lowest BCUT2D eigenvalue weighted by molar-refractivity contribution is 0.0727. The van der Waals surface area contributed by atoms with Crippen molar-refractivity contribution >= 4 is 5.91 Å². The maximum Gasteiger partial charge on any atom is 0.249 e. The number of halogens is 1. The number of hydrogen-bond donors (Lipinski definition) is 1. The molecule has 1 aromatic rings. The average Bonchev–Trinajstić information content (AvgIpc) is 2.54. The van der Waals surface area contributed by atoms with E-state index in [1.54, 1.807) is 0 Å². The van der Waals surface area contributed by atoms with E-state index in [2.05, 4.69) is 25.7 Å². The van der Waals surface area contributed by atoms with Crippen LogP contribution in [0.1, 0.15) is 56.0 Å². The third-order valence-electron chi connectivity index (χ3n) is 4.70. The Morgan fingerprint density at radius 3 is 2.65 bits per heavy atom. The highest BCUT2D eigenvalue weighted by Crippen LogP contribution is 2.33. The highest BCUT2D eigenvalue weighted by atomic mass is 19.1. The molecule has 1 atom stereocenters. The molecule has 0 saturated heterocycles. The van der Waals surface area contributed by atoms with Crippen LogP contribution in [0.4, 0.5) is 4.39 Å². The van der Waals surface area contributed by atoms with Crippen molar-refractivity contribution in [3.05, 3.63) is 29.1 Å². The SMILES string of the molecule is CCCN(C(CC)CC)[C@H]1COc2c(F)ccc(C(N)=O)c2C1. The molecule has 0 saturated carbocycles. The number of nitrogens with zero attached hydrogens (tertiary/aromatic N) is 1. The van der Waals surface area contributed by atoms with Gasteiger partial charge in [0, 0.05) is 23.2 Å². The van der Waals surface area contributed by atoms with E-state index in [1.165, 1.54) is 12.1 Å². The van der Waals surface area contributed by atoms with Gasteiger partial charge in [-0.3, -0.25) is 9.69 Å². The van der Waals surface area contributed by atoms with Crippen molar-refractivity contribution in [3.8, 4) is 5.75 Å². The summed E-state index contributed by atoms with van der Waals surface area (Å²) in [6, 6.07) is 3.33. The first-order chi connectivity index (χ1) is 11.0. The molecule has 1 amide bonds. The molecule has 0 spiro atoms. The van der Waals surface area contributed by atoms with Crippen molar-refractivity contribution in [3.63, 3.8) is 0 Å². The molecule has 0 bridgehead atoms. The van der Waals surface area contributed by atoms with Gasteiger partial charge >= 0.3 is 0 Å². The van der Waals surface area contributed by atoms with Crippen molar-refractivity contribution < 1.29 is 13.9 Å².